The lowest BCUT2D eigenvalue weighted by molar-refractivity contribution is -0.122. The van der Waals surface area contributed by atoms with E-state index in [-0.39, 0.29) is 6.04 Å². The number of carbonyl (C=O) groups is 1. The van der Waals surface area contributed by atoms with Crippen LogP contribution in [0.3, 0.4) is 0 Å². The van der Waals surface area contributed by atoms with Gasteiger partial charge in [-0.15, -0.1) is 0 Å². The third kappa shape index (κ3) is 3.83. The summed E-state index contributed by atoms with van der Waals surface area (Å²) < 4.78 is 0. The zero-order valence-electron chi connectivity index (χ0n) is 8.55. The maximum atomic E-state index is 11.3. The lowest BCUT2D eigenvalue weighted by atomic mass is 10.1. The Morgan fingerprint density at radius 3 is 2.58 bits per heavy atom. The van der Waals surface area contributed by atoms with Crippen molar-refractivity contribution in [2.75, 3.05) is 27.2 Å². The first-order valence-electron chi connectivity index (χ1n) is 4.51. The molecule has 0 aliphatic heterocycles. The molecule has 0 aromatic rings. The van der Waals surface area contributed by atoms with Gasteiger partial charge in [0.25, 0.3) is 0 Å². The Balaban J connectivity index is 3.75. The van der Waals surface area contributed by atoms with E-state index in [9.17, 15) is 4.79 Å². The Morgan fingerprint density at radius 1 is 1.58 bits per heavy atom. The van der Waals surface area contributed by atoms with Crippen molar-refractivity contribution in [3.8, 4) is 0 Å². The van der Waals surface area contributed by atoms with E-state index in [1.54, 1.807) is 0 Å². The summed E-state index contributed by atoms with van der Waals surface area (Å²) in [5.74, 6) is 0.314. The molecular weight excluding hydrogens is 152 g/mol. The summed E-state index contributed by atoms with van der Waals surface area (Å²) in [5, 5.41) is 3.06. The van der Waals surface area contributed by atoms with Gasteiger partial charge in [0.15, 0.2) is 0 Å². The summed E-state index contributed by atoms with van der Waals surface area (Å²) in [7, 11) is 3.90. The van der Waals surface area contributed by atoms with Crippen molar-refractivity contribution in [2.45, 2.75) is 26.3 Å². The standard InChI is InChI=1S/C9H20N2O/c1-5-9(12)8(2)11(4)7-6-10-3/h8,10H,5-7H2,1-4H3. The smallest absolute Gasteiger partial charge is 0.149 e. The minimum absolute atomic E-state index is 0.0587. The molecule has 0 aromatic heterocycles. The predicted molar refractivity (Wildman–Crippen MR) is 51.3 cm³/mol. The molecule has 12 heavy (non-hydrogen) atoms. The van der Waals surface area contributed by atoms with Crippen LogP contribution in [0.2, 0.25) is 0 Å². The van der Waals surface area contributed by atoms with E-state index in [4.69, 9.17) is 0 Å². The van der Waals surface area contributed by atoms with Crippen molar-refractivity contribution in [3.05, 3.63) is 0 Å². The maximum Gasteiger partial charge on any atom is 0.149 e. The van der Waals surface area contributed by atoms with Crippen molar-refractivity contribution >= 4 is 5.78 Å². The number of Topliss-reactive ketones (excluding diaryl/α,β-unsaturated/α-hetero) is 1. The fraction of sp³-hybridized carbons (Fsp3) is 0.889. The average Bonchev–Trinajstić information content (AvgIpc) is 2.11. The van der Waals surface area contributed by atoms with Gasteiger partial charge in [-0.3, -0.25) is 9.69 Å². The molecule has 0 rings (SSSR count). The topological polar surface area (TPSA) is 32.3 Å². The van der Waals surface area contributed by atoms with Crippen molar-refractivity contribution in [1.29, 1.82) is 0 Å². The molecule has 0 heterocycles. The Kier molecular flexibility index (Phi) is 5.93. The van der Waals surface area contributed by atoms with Gasteiger partial charge in [0.05, 0.1) is 6.04 Å². The van der Waals surface area contributed by atoms with E-state index in [1.807, 2.05) is 27.9 Å². The van der Waals surface area contributed by atoms with E-state index in [0.717, 1.165) is 13.1 Å². The van der Waals surface area contributed by atoms with Crippen LogP contribution in [0, 0.1) is 0 Å². The van der Waals surface area contributed by atoms with Crippen LogP contribution < -0.4 is 5.32 Å². The molecule has 1 atom stereocenters. The first-order chi connectivity index (χ1) is 5.63. The largest absolute Gasteiger partial charge is 0.318 e. The monoisotopic (exact) mass is 172 g/mol. The van der Waals surface area contributed by atoms with Crippen molar-refractivity contribution in [3.63, 3.8) is 0 Å². The Hall–Kier alpha value is -0.410. The van der Waals surface area contributed by atoms with Crippen LogP contribution in [0.1, 0.15) is 20.3 Å². The highest BCUT2D eigenvalue weighted by atomic mass is 16.1. The third-order valence-corrected chi connectivity index (χ3v) is 2.19. The maximum absolute atomic E-state index is 11.3. The summed E-state index contributed by atoms with van der Waals surface area (Å²) in [5.41, 5.74) is 0. The van der Waals surface area contributed by atoms with Crippen LogP contribution in [0.4, 0.5) is 0 Å². The molecule has 0 bridgehead atoms. The van der Waals surface area contributed by atoms with Gasteiger partial charge < -0.3 is 5.32 Å². The molecule has 1 N–H and O–H groups in total. The third-order valence-electron chi connectivity index (χ3n) is 2.19. The van der Waals surface area contributed by atoms with Gasteiger partial charge in [-0.1, -0.05) is 6.92 Å². The van der Waals surface area contributed by atoms with Crippen molar-refractivity contribution < 1.29 is 4.79 Å². The zero-order valence-corrected chi connectivity index (χ0v) is 8.55. The highest BCUT2D eigenvalue weighted by Gasteiger charge is 2.14. The highest BCUT2D eigenvalue weighted by Crippen LogP contribution is 1.98. The fourth-order valence-corrected chi connectivity index (χ4v) is 1.02. The Morgan fingerprint density at radius 2 is 2.17 bits per heavy atom. The predicted octanol–water partition coefficient (Wildman–Crippen LogP) is 0.505. The van der Waals surface area contributed by atoms with Gasteiger partial charge in [0.2, 0.25) is 0 Å². The first kappa shape index (κ1) is 11.6. The normalized spacial score (nSPS) is 13.4. The van der Waals surface area contributed by atoms with Crippen molar-refractivity contribution in [2.24, 2.45) is 0 Å². The molecule has 1 unspecified atom stereocenters. The van der Waals surface area contributed by atoms with Gasteiger partial charge in [-0.05, 0) is 21.0 Å². The molecule has 72 valence electrons. The number of carbonyl (C=O) groups excluding carboxylic acids is 1. The lowest BCUT2D eigenvalue weighted by Gasteiger charge is -2.22. The number of nitrogens with zero attached hydrogens (tertiary/aromatic N) is 1. The second-order valence-electron chi connectivity index (χ2n) is 3.08. The minimum Gasteiger partial charge on any atom is -0.318 e. The quantitative estimate of drug-likeness (QED) is 0.633. The van der Waals surface area contributed by atoms with E-state index in [2.05, 4.69) is 10.2 Å². The second kappa shape index (κ2) is 6.14. The van der Waals surface area contributed by atoms with E-state index >= 15 is 0 Å². The van der Waals surface area contributed by atoms with E-state index in [1.165, 1.54) is 0 Å². The number of ketones is 1. The van der Waals surface area contributed by atoms with Crippen LogP contribution in [0.25, 0.3) is 0 Å². The first-order valence-corrected chi connectivity index (χ1v) is 4.51. The van der Waals surface area contributed by atoms with Gasteiger partial charge in [-0.25, -0.2) is 0 Å². The van der Waals surface area contributed by atoms with Gasteiger partial charge >= 0.3 is 0 Å². The molecule has 0 saturated carbocycles. The molecule has 0 saturated heterocycles. The molecule has 0 spiro atoms. The molecule has 0 fully saturated rings. The van der Waals surface area contributed by atoms with Crippen LogP contribution in [0.5, 0.6) is 0 Å². The highest BCUT2D eigenvalue weighted by molar-refractivity contribution is 5.83. The van der Waals surface area contributed by atoms with Crippen LogP contribution >= 0.6 is 0 Å². The minimum atomic E-state index is 0.0587. The van der Waals surface area contributed by atoms with E-state index in [0.29, 0.717) is 12.2 Å². The van der Waals surface area contributed by atoms with Crippen molar-refractivity contribution in [1.82, 2.24) is 10.2 Å². The van der Waals surface area contributed by atoms with Gasteiger partial charge in [0.1, 0.15) is 5.78 Å². The average molecular weight is 172 g/mol. The Labute approximate surface area is 75.1 Å². The number of nitrogens with one attached hydrogen (secondary N) is 1. The molecule has 0 aliphatic rings. The molecule has 0 aromatic carbocycles. The van der Waals surface area contributed by atoms with Crippen LogP contribution in [0.15, 0.2) is 0 Å². The van der Waals surface area contributed by atoms with Gasteiger partial charge in [-0.2, -0.15) is 0 Å². The molecule has 3 nitrogen and oxygen atoms in total. The Bertz CT molecular complexity index is 136. The molecule has 0 aliphatic carbocycles. The SMILES string of the molecule is CCC(=O)C(C)N(C)CCNC. The summed E-state index contributed by atoms with van der Waals surface area (Å²) in [4.78, 5) is 13.3. The fourth-order valence-electron chi connectivity index (χ4n) is 1.02. The second-order valence-corrected chi connectivity index (χ2v) is 3.08. The molecule has 3 heteroatoms. The summed E-state index contributed by atoms with van der Waals surface area (Å²) in [6.45, 7) is 5.72. The molecule has 0 radical (unpaired) electrons. The summed E-state index contributed by atoms with van der Waals surface area (Å²) >= 11 is 0. The summed E-state index contributed by atoms with van der Waals surface area (Å²) in [6, 6.07) is 0.0587. The number of hydrogen-bond acceptors (Lipinski definition) is 3. The summed E-state index contributed by atoms with van der Waals surface area (Å²) in [6.07, 6.45) is 0.630. The number of hydrogen-bond donors (Lipinski definition) is 1. The molecule has 0 amide bonds. The van der Waals surface area contributed by atoms with Crippen LogP contribution in [-0.2, 0) is 4.79 Å². The van der Waals surface area contributed by atoms with E-state index < -0.39 is 0 Å². The number of rotatable bonds is 6. The lowest BCUT2D eigenvalue weighted by Crippen LogP contribution is -2.39. The number of likely N-dealkylation sites (N-methyl/N-ethyl adjacent to an activating group) is 2. The zero-order chi connectivity index (χ0) is 9.56. The van der Waals surface area contributed by atoms with Gasteiger partial charge in [0, 0.05) is 19.5 Å². The van der Waals surface area contributed by atoms with Crippen LogP contribution in [-0.4, -0.2) is 43.9 Å². The molecular formula is C9H20N2O.